The summed E-state index contributed by atoms with van der Waals surface area (Å²) < 4.78 is 51.2. The molecular formula is C20H21F4O2S2+. The second-order valence-electron chi connectivity index (χ2n) is 5.65. The standard InChI is InChI=1S/C13H14F4OS.C7H6OS/c14-8-6-11(15)13(16,17)7-9-19-12(18)10-4-2-1-3-5-10;8-7(9)6-4-2-1-3-5-6/h1-5,11H,6-9H2;1-5H,(H,8,9)/p+1. The fourth-order valence-electron chi connectivity index (χ4n) is 1.99. The maximum atomic E-state index is 13.2. The summed E-state index contributed by atoms with van der Waals surface area (Å²) in [7, 11) is 0. The fraction of sp³-hybridized carbons (Fsp3) is 0.300. The second-order valence-corrected chi connectivity index (χ2v) is 7.14. The van der Waals surface area contributed by atoms with E-state index in [0.717, 1.165) is 11.8 Å². The average molecular weight is 434 g/mol. The minimum Gasteiger partial charge on any atom is -0.282 e. The summed E-state index contributed by atoms with van der Waals surface area (Å²) in [5.74, 6) is -3.70. The lowest BCUT2D eigenvalue weighted by Gasteiger charge is -2.18. The third kappa shape index (κ3) is 8.93. The number of alkyl halides is 4. The molecule has 1 atom stereocenters. The van der Waals surface area contributed by atoms with Gasteiger partial charge >= 0.3 is 5.12 Å². The highest BCUT2D eigenvalue weighted by Gasteiger charge is 2.39. The molecule has 2 aromatic carbocycles. The van der Waals surface area contributed by atoms with Gasteiger partial charge in [-0.1, -0.05) is 48.5 Å². The number of thioether (sulfide) groups is 1. The molecule has 0 saturated heterocycles. The van der Waals surface area contributed by atoms with Gasteiger partial charge in [0.2, 0.25) is 5.12 Å². The molecule has 0 saturated carbocycles. The maximum Gasteiger partial charge on any atom is 0.382 e. The van der Waals surface area contributed by atoms with E-state index in [1.165, 1.54) is 0 Å². The Balaban J connectivity index is 0.000000362. The third-order valence-electron chi connectivity index (χ3n) is 3.54. The molecule has 0 radical (unpaired) electrons. The Kier molecular flexibility index (Phi) is 10.9. The summed E-state index contributed by atoms with van der Waals surface area (Å²) in [6.45, 7) is -1.11. The number of carbonyl (C=O) groups is 1. The number of halogens is 4. The van der Waals surface area contributed by atoms with Crippen molar-refractivity contribution in [1.29, 1.82) is 0 Å². The molecule has 0 spiro atoms. The van der Waals surface area contributed by atoms with Crippen LogP contribution in [0.4, 0.5) is 17.6 Å². The second kappa shape index (κ2) is 12.6. The van der Waals surface area contributed by atoms with Crippen molar-refractivity contribution in [3.8, 4) is 0 Å². The first-order chi connectivity index (χ1) is 13.3. The van der Waals surface area contributed by atoms with E-state index >= 15 is 0 Å². The minimum atomic E-state index is -3.56. The van der Waals surface area contributed by atoms with Gasteiger partial charge in [-0.3, -0.25) is 14.0 Å². The molecule has 0 aromatic heterocycles. The third-order valence-corrected chi connectivity index (χ3v) is 4.71. The number of carbonyl (C=O) groups excluding carboxylic acids is 2. The zero-order chi connectivity index (χ0) is 21.0. The Morgan fingerprint density at radius 1 is 1.04 bits per heavy atom. The smallest absolute Gasteiger partial charge is 0.282 e. The molecule has 2 rings (SSSR count). The largest absolute Gasteiger partial charge is 0.382 e. The van der Waals surface area contributed by atoms with E-state index in [4.69, 9.17) is 0 Å². The van der Waals surface area contributed by atoms with Gasteiger partial charge in [0.15, 0.2) is 6.17 Å². The van der Waals surface area contributed by atoms with Gasteiger partial charge in [-0.25, -0.2) is 13.2 Å². The van der Waals surface area contributed by atoms with Gasteiger partial charge < -0.3 is 0 Å². The monoisotopic (exact) mass is 433 g/mol. The molecule has 1 unspecified atom stereocenters. The fourth-order valence-corrected chi connectivity index (χ4v) is 3.01. The van der Waals surface area contributed by atoms with Gasteiger partial charge in [0.1, 0.15) is 0 Å². The molecule has 1 N–H and O–H groups in total. The Morgan fingerprint density at radius 3 is 1.96 bits per heavy atom. The van der Waals surface area contributed by atoms with Crippen molar-refractivity contribution in [1.82, 2.24) is 0 Å². The summed E-state index contributed by atoms with van der Waals surface area (Å²) in [5, 5.41) is -0.270. The minimum absolute atomic E-state index is 0.0858. The highest BCUT2D eigenvalue weighted by Crippen LogP contribution is 2.30. The molecule has 0 bridgehead atoms. The topological polar surface area (TPSA) is 38.5 Å². The van der Waals surface area contributed by atoms with Crippen LogP contribution >= 0.6 is 24.4 Å². The number of thiol groups is 1. The summed E-state index contributed by atoms with van der Waals surface area (Å²) in [5.41, 5.74) is 1.16. The van der Waals surface area contributed by atoms with Crippen LogP contribution in [-0.4, -0.2) is 39.5 Å². The number of hydrogen-bond donors (Lipinski definition) is 1. The molecule has 8 heteroatoms. The van der Waals surface area contributed by atoms with E-state index in [9.17, 15) is 27.2 Å². The SMILES string of the molecule is O=C(S)c1ccccc1.[OH+]=C(SCCC(F)(F)C(F)CCF)c1ccccc1. The predicted molar refractivity (Wildman–Crippen MR) is 110 cm³/mol. The molecule has 0 heterocycles. The Morgan fingerprint density at radius 2 is 1.54 bits per heavy atom. The first-order valence-corrected chi connectivity index (χ1v) is 9.81. The number of benzene rings is 2. The van der Waals surface area contributed by atoms with Crippen LogP contribution in [0, 0.1) is 0 Å². The van der Waals surface area contributed by atoms with Crippen molar-refractivity contribution in [3.63, 3.8) is 0 Å². The van der Waals surface area contributed by atoms with Crippen molar-refractivity contribution in [2.24, 2.45) is 0 Å². The summed E-state index contributed by atoms with van der Waals surface area (Å²) >= 11 is 4.47. The molecule has 0 fully saturated rings. The van der Waals surface area contributed by atoms with E-state index < -0.39 is 31.6 Å². The quantitative estimate of drug-likeness (QED) is 0.327. The Hall–Kier alpha value is -1.80. The average Bonchev–Trinajstić information content (AvgIpc) is 2.69. The lowest BCUT2D eigenvalue weighted by atomic mass is 10.1. The van der Waals surface area contributed by atoms with Crippen LogP contribution in [0.3, 0.4) is 0 Å². The van der Waals surface area contributed by atoms with Gasteiger partial charge in [0, 0.05) is 24.2 Å². The molecule has 152 valence electrons. The molecule has 0 aliphatic rings. The number of rotatable bonds is 8. The van der Waals surface area contributed by atoms with Crippen LogP contribution in [0.25, 0.3) is 0 Å². The van der Waals surface area contributed by atoms with Crippen molar-refractivity contribution in [2.75, 3.05) is 12.4 Å². The maximum absolute atomic E-state index is 13.2. The van der Waals surface area contributed by atoms with E-state index in [2.05, 4.69) is 12.6 Å². The molecule has 0 amide bonds. The van der Waals surface area contributed by atoms with Crippen LogP contribution in [0.2, 0.25) is 0 Å². The lowest BCUT2D eigenvalue weighted by Crippen LogP contribution is -2.31. The van der Waals surface area contributed by atoms with Crippen LogP contribution in [0.1, 0.15) is 28.8 Å². The first-order valence-electron chi connectivity index (χ1n) is 8.38. The van der Waals surface area contributed by atoms with Crippen LogP contribution in [0.5, 0.6) is 0 Å². The van der Waals surface area contributed by atoms with Gasteiger partial charge in [-0.2, -0.15) is 0 Å². The normalized spacial score (nSPS) is 11.9. The zero-order valence-corrected chi connectivity index (χ0v) is 16.6. The van der Waals surface area contributed by atoms with Crippen LogP contribution < -0.4 is 0 Å². The zero-order valence-electron chi connectivity index (χ0n) is 14.9. The van der Waals surface area contributed by atoms with E-state index in [0.29, 0.717) is 11.1 Å². The first kappa shape index (κ1) is 24.2. The van der Waals surface area contributed by atoms with Crippen molar-refractivity contribution >= 4 is 34.6 Å². The highest BCUT2D eigenvalue weighted by atomic mass is 32.2. The van der Waals surface area contributed by atoms with Crippen molar-refractivity contribution < 1.29 is 27.2 Å². The predicted octanol–water partition coefficient (Wildman–Crippen LogP) is 5.75. The molecule has 2 aromatic rings. The van der Waals surface area contributed by atoms with Crippen molar-refractivity contribution in [3.05, 3.63) is 71.8 Å². The van der Waals surface area contributed by atoms with Gasteiger partial charge in [-0.15, -0.1) is 12.6 Å². The van der Waals surface area contributed by atoms with E-state index in [-0.39, 0.29) is 16.0 Å². The van der Waals surface area contributed by atoms with Gasteiger partial charge in [0.05, 0.1) is 12.2 Å². The highest BCUT2D eigenvalue weighted by molar-refractivity contribution is 8.14. The molecule has 0 aliphatic heterocycles. The number of hydrogen-bond acceptors (Lipinski definition) is 2. The van der Waals surface area contributed by atoms with E-state index in [1.54, 1.807) is 42.5 Å². The van der Waals surface area contributed by atoms with Gasteiger partial charge in [-0.05, 0) is 23.9 Å². The summed E-state index contributed by atoms with van der Waals surface area (Å²) in [6.07, 6.45) is -4.01. The Labute approximate surface area is 171 Å². The van der Waals surface area contributed by atoms with Crippen molar-refractivity contribution in [2.45, 2.75) is 24.9 Å². The molecule has 0 aliphatic carbocycles. The molecular weight excluding hydrogens is 412 g/mol. The molecule has 2 nitrogen and oxygen atoms in total. The summed E-state index contributed by atoms with van der Waals surface area (Å²) in [4.78, 5) is 20.1. The van der Waals surface area contributed by atoms with Crippen LogP contribution in [0.15, 0.2) is 60.7 Å². The molecule has 28 heavy (non-hydrogen) atoms. The Bertz CT molecular complexity index is 728. The van der Waals surface area contributed by atoms with E-state index in [1.807, 2.05) is 18.2 Å². The van der Waals surface area contributed by atoms with Gasteiger partial charge in [0.25, 0.3) is 5.92 Å². The lowest BCUT2D eigenvalue weighted by molar-refractivity contribution is -0.0778. The summed E-state index contributed by atoms with van der Waals surface area (Å²) in [6, 6.07) is 17.4. The van der Waals surface area contributed by atoms with Crippen LogP contribution in [-0.2, 0) is 0 Å².